The zero-order valence-corrected chi connectivity index (χ0v) is 12.4. The molecule has 0 unspecified atom stereocenters. The van der Waals surface area contributed by atoms with Gasteiger partial charge in [-0.25, -0.2) is 23.5 Å². The van der Waals surface area contributed by atoms with Gasteiger partial charge in [0, 0.05) is 23.5 Å². The SMILES string of the molecule is NS(=O)(=O)c1cccc(-c2cncnc2)c1-c1ccccc1. The fraction of sp³-hybridized carbons (Fsp3) is 0. The molecule has 3 rings (SSSR count). The van der Waals surface area contributed by atoms with E-state index in [0.29, 0.717) is 5.56 Å². The lowest BCUT2D eigenvalue weighted by Gasteiger charge is -2.13. The molecule has 1 heterocycles. The van der Waals surface area contributed by atoms with Crippen LogP contribution in [0.1, 0.15) is 0 Å². The molecule has 0 radical (unpaired) electrons. The third-order valence-electron chi connectivity index (χ3n) is 3.27. The summed E-state index contributed by atoms with van der Waals surface area (Å²) in [6, 6.07) is 14.2. The van der Waals surface area contributed by atoms with E-state index in [9.17, 15) is 8.42 Å². The van der Waals surface area contributed by atoms with Crippen molar-refractivity contribution in [2.45, 2.75) is 4.90 Å². The van der Waals surface area contributed by atoms with Gasteiger partial charge in [-0.05, 0) is 17.2 Å². The first-order valence-electron chi connectivity index (χ1n) is 6.54. The van der Waals surface area contributed by atoms with Crippen molar-refractivity contribution in [1.29, 1.82) is 0 Å². The van der Waals surface area contributed by atoms with Crippen molar-refractivity contribution in [3.05, 3.63) is 67.3 Å². The van der Waals surface area contributed by atoms with Gasteiger partial charge in [-0.15, -0.1) is 0 Å². The summed E-state index contributed by atoms with van der Waals surface area (Å²) in [5, 5.41) is 5.38. The van der Waals surface area contributed by atoms with Crippen LogP contribution in [-0.2, 0) is 10.0 Å². The number of sulfonamides is 1. The fourth-order valence-electron chi connectivity index (χ4n) is 2.35. The van der Waals surface area contributed by atoms with Crippen LogP contribution in [0.4, 0.5) is 0 Å². The van der Waals surface area contributed by atoms with E-state index < -0.39 is 10.0 Å². The molecule has 110 valence electrons. The molecule has 0 saturated carbocycles. The first-order valence-corrected chi connectivity index (χ1v) is 8.08. The molecular formula is C16H13N3O2S. The third-order valence-corrected chi connectivity index (χ3v) is 4.22. The molecule has 1 aromatic heterocycles. The van der Waals surface area contributed by atoms with Crippen LogP contribution >= 0.6 is 0 Å². The van der Waals surface area contributed by atoms with E-state index in [2.05, 4.69) is 9.97 Å². The Morgan fingerprint density at radius 3 is 2.14 bits per heavy atom. The Kier molecular flexibility index (Phi) is 3.70. The van der Waals surface area contributed by atoms with Gasteiger partial charge in [0.25, 0.3) is 0 Å². The highest BCUT2D eigenvalue weighted by molar-refractivity contribution is 7.89. The van der Waals surface area contributed by atoms with E-state index >= 15 is 0 Å². The van der Waals surface area contributed by atoms with Crippen molar-refractivity contribution in [3.63, 3.8) is 0 Å². The molecule has 0 fully saturated rings. The number of primary sulfonamides is 1. The van der Waals surface area contributed by atoms with Crippen molar-refractivity contribution in [2.24, 2.45) is 5.14 Å². The first kappa shape index (κ1) is 14.4. The predicted molar refractivity (Wildman–Crippen MR) is 84.3 cm³/mol. The van der Waals surface area contributed by atoms with Crippen molar-refractivity contribution < 1.29 is 8.42 Å². The van der Waals surface area contributed by atoms with E-state index in [0.717, 1.165) is 16.7 Å². The smallest absolute Gasteiger partial charge is 0.238 e. The standard InChI is InChI=1S/C16H13N3O2S/c17-22(20,21)15-8-4-7-14(13-9-18-11-19-10-13)16(15)12-5-2-1-3-6-12/h1-11H,(H2,17,20,21). The lowest BCUT2D eigenvalue weighted by molar-refractivity contribution is 0.598. The van der Waals surface area contributed by atoms with Crippen LogP contribution in [0.25, 0.3) is 22.3 Å². The highest BCUT2D eigenvalue weighted by atomic mass is 32.2. The van der Waals surface area contributed by atoms with Crippen molar-refractivity contribution >= 4 is 10.0 Å². The normalized spacial score (nSPS) is 11.3. The lowest BCUT2D eigenvalue weighted by Crippen LogP contribution is -2.13. The lowest BCUT2D eigenvalue weighted by atomic mass is 9.96. The number of nitrogens with two attached hydrogens (primary N) is 1. The average molecular weight is 311 g/mol. The molecule has 3 aromatic rings. The molecule has 2 aromatic carbocycles. The molecule has 22 heavy (non-hydrogen) atoms. The quantitative estimate of drug-likeness (QED) is 0.805. The van der Waals surface area contributed by atoms with Crippen molar-refractivity contribution in [1.82, 2.24) is 9.97 Å². The van der Waals surface area contributed by atoms with Gasteiger partial charge in [0.15, 0.2) is 0 Å². The maximum atomic E-state index is 12.0. The minimum absolute atomic E-state index is 0.0834. The number of benzene rings is 2. The maximum absolute atomic E-state index is 12.0. The van der Waals surface area contributed by atoms with E-state index in [1.54, 1.807) is 18.5 Å². The number of nitrogens with zero attached hydrogens (tertiary/aromatic N) is 2. The van der Waals surface area contributed by atoms with Gasteiger partial charge in [0.05, 0.1) is 4.90 Å². The molecule has 0 spiro atoms. The second-order valence-electron chi connectivity index (χ2n) is 4.72. The Morgan fingerprint density at radius 1 is 0.818 bits per heavy atom. The molecule has 5 nitrogen and oxygen atoms in total. The summed E-state index contributed by atoms with van der Waals surface area (Å²) >= 11 is 0. The van der Waals surface area contributed by atoms with E-state index in [4.69, 9.17) is 5.14 Å². The molecule has 0 aliphatic carbocycles. The Balaban J connectivity index is 2.37. The van der Waals surface area contributed by atoms with Crippen LogP contribution in [0, 0.1) is 0 Å². The highest BCUT2D eigenvalue weighted by Gasteiger charge is 2.19. The van der Waals surface area contributed by atoms with Gasteiger partial charge in [-0.2, -0.15) is 0 Å². The number of aromatic nitrogens is 2. The maximum Gasteiger partial charge on any atom is 0.238 e. The minimum atomic E-state index is -3.85. The Bertz CT molecular complexity index is 895. The number of hydrogen-bond donors (Lipinski definition) is 1. The molecule has 6 heteroatoms. The monoisotopic (exact) mass is 311 g/mol. The first-order chi connectivity index (χ1) is 10.6. The van der Waals surface area contributed by atoms with Gasteiger partial charge >= 0.3 is 0 Å². The van der Waals surface area contributed by atoms with E-state index in [1.165, 1.54) is 12.4 Å². The molecule has 0 saturated heterocycles. The summed E-state index contributed by atoms with van der Waals surface area (Å²) in [6.07, 6.45) is 4.71. The Hall–Kier alpha value is -2.57. The second-order valence-corrected chi connectivity index (χ2v) is 6.25. The summed E-state index contributed by atoms with van der Waals surface area (Å²) in [7, 11) is -3.85. The van der Waals surface area contributed by atoms with Crippen LogP contribution in [0.15, 0.2) is 72.1 Å². The molecule has 2 N–H and O–H groups in total. The average Bonchev–Trinajstić information content (AvgIpc) is 2.55. The Morgan fingerprint density at radius 2 is 1.50 bits per heavy atom. The van der Waals surface area contributed by atoms with Gasteiger partial charge < -0.3 is 0 Å². The van der Waals surface area contributed by atoms with Gasteiger partial charge in [0.1, 0.15) is 6.33 Å². The molecule has 0 aliphatic heterocycles. The van der Waals surface area contributed by atoms with E-state index in [-0.39, 0.29) is 4.90 Å². The number of rotatable bonds is 3. The van der Waals surface area contributed by atoms with Gasteiger partial charge in [-0.1, -0.05) is 42.5 Å². The summed E-state index contributed by atoms with van der Waals surface area (Å²) in [5.41, 5.74) is 2.77. The summed E-state index contributed by atoms with van der Waals surface area (Å²) in [4.78, 5) is 8.08. The summed E-state index contributed by atoms with van der Waals surface area (Å²) < 4.78 is 23.9. The largest absolute Gasteiger partial charge is 0.244 e. The highest BCUT2D eigenvalue weighted by Crippen LogP contribution is 2.36. The zero-order valence-electron chi connectivity index (χ0n) is 11.5. The topological polar surface area (TPSA) is 85.9 Å². The van der Waals surface area contributed by atoms with Crippen LogP contribution < -0.4 is 5.14 Å². The molecule has 0 aliphatic rings. The van der Waals surface area contributed by atoms with Gasteiger partial charge in [-0.3, -0.25) is 0 Å². The third kappa shape index (κ3) is 2.74. The second kappa shape index (κ2) is 5.67. The molecular weight excluding hydrogens is 298 g/mol. The summed E-state index contributed by atoms with van der Waals surface area (Å²) in [5.74, 6) is 0. The van der Waals surface area contributed by atoms with Crippen LogP contribution in [0.3, 0.4) is 0 Å². The minimum Gasteiger partial charge on any atom is -0.244 e. The Labute approximate surface area is 128 Å². The van der Waals surface area contributed by atoms with Crippen molar-refractivity contribution in [2.75, 3.05) is 0 Å². The van der Waals surface area contributed by atoms with Crippen LogP contribution in [0.2, 0.25) is 0 Å². The molecule has 0 bridgehead atoms. The zero-order chi connectivity index (χ0) is 15.6. The molecule has 0 atom stereocenters. The van der Waals surface area contributed by atoms with E-state index in [1.807, 2.05) is 36.4 Å². The molecule has 0 amide bonds. The van der Waals surface area contributed by atoms with Crippen LogP contribution in [0.5, 0.6) is 0 Å². The fourth-order valence-corrected chi connectivity index (χ4v) is 3.13. The van der Waals surface area contributed by atoms with Gasteiger partial charge in [0.2, 0.25) is 10.0 Å². The summed E-state index contributed by atoms with van der Waals surface area (Å²) in [6.45, 7) is 0. The predicted octanol–water partition coefficient (Wildman–Crippen LogP) is 2.46. The number of hydrogen-bond acceptors (Lipinski definition) is 4. The van der Waals surface area contributed by atoms with Crippen molar-refractivity contribution in [3.8, 4) is 22.3 Å². The van der Waals surface area contributed by atoms with Crippen LogP contribution in [-0.4, -0.2) is 18.4 Å².